The molecule has 25 heavy (non-hydrogen) atoms. The van der Waals surface area contributed by atoms with E-state index in [1.807, 2.05) is 56.5 Å². The smallest absolute Gasteiger partial charge is 0.268 e. The summed E-state index contributed by atoms with van der Waals surface area (Å²) in [5.41, 5.74) is 1.70. The van der Waals surface area contributed by atoms with E-state index >= 15 is 0 Å². The molecule has 0 saturated carbocycles. The maximum absolute atomic E-state index is 12.7. The molecule has 0 atom stereocenters. The van der Waals surface area contributed by atoms with Crippen LogP contribution in [0.4, 0.5) is 0 Å². The summed E-state index contributed by atoms with van der Waals surface area (Å²) in [6.45, 7) is 5.94. The van der Waals surface area contributed by atoms with Crippen LogP contribution in [0.5, 0.6) is 0 Å². The van der Waals surface area contributed by atoms with Crippen LogP contribution in [0.2, 0.25) is 0 Å². The number of carbonyl (C=O) groups is 2. The van der Waals surface area contributed by atoms with Crippen molar-refractivity contribution in [2.45, 2.75) is 39.7 Å². The first-order chi connectivity index (χ1) is 12.0. The Morgan fingerprint density at radius 2 is 1.84 bits per heavy atom. The van der Waals surface area contributed by atoms with Crippen molar-refractivity contribution in [2.75, 3.05) is 0 Å². The van der Waals surface area contributed by atoms with Crippen LogP contribution in [0.25, 0.3) is 6.08 Å². The standard InChI is InChI=1S/C20H24N2O2S/c1-4-15(5-2)21-20(24)18(13-16-10-8-12-25-16)22-19(23)17-11-7-6-9-14(17)3/h6-13,15H,4-5H2,1-3H3,(H,21,24)(H,22,23)/b18-13-. The van der Waals surface area contributed by atoms with E-state index < -0.39 is 0 Å². The van der Waals surface area contributed by atoms with E-state index in [0.29, 0.717) is 5.56 Å². The Labute approximate surface area is 153 Å². The number of amides is 2. The Morgan fingerprint density at radius 3 is 2.44 bits per heavy atom. The van der Waals surface area contributed by atoms with E-state index in [2.05, 4.69) is 10.6 Å². The van der Waals surface area contributed by atoms with Crippen LogP contribution in [0, 0.1) is 6.92 Å². The Kier molecular flexibility index (Phi) is 6.95. The highest BCUT2D eigenvalue weighted by molar-refractivity contribution is 7.10. The fourth-order valence-corrected chi connectivity index (χ4v) is 3.10. The van der Waals surface area contributed by atoms with Gasteiger partial charge in [-0.05, 0) is 48.9 Å². The first-order valence-corrected chi connectivity index (χ1v) is 9.36. The highest BCUT2D eigenvalue weighted by Crippen LogP contribution is 2.14. The van der Waals surface area contributed by atoms with E-state index in [9.17, 15) is 9.59 Å². The fraction of sp³-hybridized carbons (Fsp3) is 0.300. The molecule has 0 aliphatic rings. The number of nitrogens with one attached hydrogen (secondary N) is 2. The molecule has 0 saturated heterocycles. The zero-order chi connectivity index (χ0) is 18.2. The van der Waals surface area contributed by atoms with E-state index in [-0.39, 0.29) is 23.6 Å². The first kappa shape index (κ1) is 18.9. The largest absolute Gasteiger partial charge is 0.348 e. The van der Waals surface area contributed by atoms with Crippen molar-refractivity contribution in [1.82, 2.24) is 10.6 Å². The SMILES string of the molecule is CCC(CC)NC(=O)/C(=C/c1cccs1)NC(=O)c1ccccc1C. The Balaban J connectivity index is 2.24. The van der Waals surface area contributed by atoms with E-state index in [1.54, 1.807) is 12.1 Å². The second-order valence-electron chi connectivity index (χ2n) is 5.83. The number of rotatable bonds is 7. The molecule has 1 aromatic carbocycles. The zero-order valence-electron chi connectivity index (χ0n) is 14.8. The van der Waals surface area contributed by atoms with E-state index in [4.69, 9.17) is 0 Å². The molecule has 0 spiro atoms. The maximum atomic E-state index is 12.7. The lowest BCUT2D eigenvalue weighted by Crippen LogP contribution is -2.40. The molecule has 2 rings (SSSR count). The zero-order valence-corrected chi connectivity index (χ0v) is 15.7. The summed E-state index contributed by atoms with van der Waals surface area (Å²) >= 11 is 1.52. The predicted octanol–water partition coefficient (Wildman–Crippen LogP) is 4.13. The Hall–Kier alpha value is -2.40. The summed E-state index contributed by atoms with van der Waals surface area (Å²) in [6, 6.07) is 11.2. The van der Waals surface area contributed by atoms with Crippen molar-refractivity contribution in [3.05, 3.63) is 63.5 Å². The Morgan fingerprint density at radius 1 is 1.12 bits per heavy atom. The van der Waals surface area contributed by atoms with Gasteiger partial charge in [0, 0.05) is 16.5 Å². The summed E-state index contributed by atoms with van der Waals surface area (Å²) in [5.74, 6) is -0.537. The molecule has 2 N–H and O–H groups in total. The fourth-order valence-electron chi connectivity index (χ4n) is 2.45. The van der Waals surface area contributed by atoms with Gasteiger partial charge >= 0.3 is 0 Å². The van der Waals surface area contributed by atoms with Crippen LogP contribution < -0.4 is 10.6 Å². The van der Waals surface area contributed by atoms with Crippen LogP contribution >= 0.6 is 11.3 Å². The van der Waals surface area contributed by atoms with Crippen molar-refractivity contribution in [3.8, 4) is 0 Å². The molecule has 2 aromatic rings. The molecule has 2 amide bonds. The third kappa shape index (κ3) is 5.29. The molecule has 0 bridgehead atoms. The van der Waals surface area contributed by atoms with Crippen molar-refractivity contribution in [3.63, 3.8) is 0 Å². The number of benzene rings is 1. The lowest BCUT2D eigenvalue weighted by molar-refractivity contribution is -0.118. The van der Waals surface area contributed by atoms with Gasteiger partial charge in [0.15, 0.2) is 0 Å². The van der Waals surface area contributed by atoms with Gasteiger partial charge in [0.05, 0.1) is 0 Å². The van der Waals surface area contributed by atoms with Gasteiger partial charge in [-0.1, -0.05) is 38.1 Å². The molecule has 4 nitrogen and oxygen atoms in total. The van der Waals surface area contributed by atoms with Crippen LogP contribution in [-0.4, -0.2) is 17.9 Å². The van der Waals surface area contributed by atoms with Gasteiger partial charge in [-0.25, -0.2) is 0 Å². The van der Waals surface area contributed by atoms with Gasteiger partial charge in [-0.15, -0.1) is 11.3 Å². The predicted molar refractivity (Wildman–Crippen MR) is 103 cm³/mol. The summed E-state index contributed by atoms with van der Waals surface area (Å²) in [5, 5.41) is 7.70. The topological polar surface area (TPSA) is 58.2 Å². The summed E-state index contributed by atoms with van der Waals surface area (Å²) in [6.07, 6.45) is 3.42. The van der Waals surface area contributed by atoms with Gasteiger partial charge in [0.25, 0.3) is 11.8 Å². The van der Waals surface area contributed by atoms with E-state index in [0.717, 1.165) is 23.3 Å². The van der Waals surface area contributed by atoms with Crippen molar-refractivity contribution < 1.29 is 9.59 Å². The van der Waals surface area contributed by atoms with Crippen LogP contribution in [0.1, 0.15) is 47.5 Å². The quantitative estimate of drug-likeness (QED) is 0.733. The van der Waals surface area contributed by atoms with Crippen LogP contribution in [-0.2, 0) is 4.79 Å². The third-order valence-corrected chi connectivity index (χ3v) is 4.85. The molecule has 5 heteroatoms. The van der Waals surface area contributed by atoms with Gasteiger partial charge < -0.3 is 10.6 Å². The number of aryl methyl sites for hydroxylation is 1. The van der Waals surface area contributed by atoms with Crippen molar-refractivity contribution in [2.24, 2.45) is 0 Å². The average molecular weight is 356 g/mol. The number of thiophene rings is 1. The molecule has 0 aliphatic carbocycles. The van der Waals surface area contributed by atoms with Gasteiger partial charge in [0.2, 0.25) is 0 Å². The summed E-state index contributed by atoms with van der Waals surface area (Å²) in [4.78, 5) is 26.2. The molecule has 1 aromatic heterocycles. The highest BCUT2D eigenvalue weighted by Gasteiger charge is 2.18. The summed E-state index contributed by atoms with van der Waals surface area (Å²) in [7, 11) is 0. The van der Waals surface area contributed by atoms with Gasteiger partial charge in [-0.2, -0.15) is 0 Å². The maximum Gasteiger partial charge on any atom is 0.268 e. The van der Waals surface area contributed by atoms with Crippen molar-refractivity contribution in [1.29, 1.82) is 0 Å². The molecule has 0 aliphatic heterocycles. The molecule has 0 unspecified atom stereocenters. The molecule has 1 heterocycles. The monoisotopic (exact) mass is 356 g/mol. The second kappa shape index (κ2) is 9.18. The Bertz CT molecular complexity index is 747. The van der Waals surface area contributed by atoms with Gasteiger partial charge in [-0.3, -0.25) is 9.59 Å². The lowest BCUT2D eigenvalue weighted by atomic mass is 10.1. The first-order valence-electron chi connectivity index (χ1n) is 8.48. The highest BCUT2D eigenvalue weighted by atomic mass is 32.1. The molecule has 0 radical (unpaired) electrons. The molecule has 132 valence electrons. The molecular formula is C20H24N2O2S. The lowest BCUT2D eigenvalue weighted by Gasteiger charge is -2.17. The number of hydrogen-bond donors (Lipinski definition) is 2. The molecular weight excluding hydrogens is 332 g/mol. The second-order valence-corrected chi connectivity index (χ2v) is 6.81. The van der Waals surface area contributed by atoms with Crippen LogP contribution in [0.15, 0.2) is 47.5 Å². The third-order valence-electron chi connectivity index (χ3n) is 4.03. The van der Waals surface area contributed by atoms with Gasteiger partial charge in [0.1, 0.15) is 5.70 Å². The number of hydrogen-bond acceptors (Lipinski definition) is 3. The minimum atomic E-state index is -0.277. The van der Waals surface area contributed by atoms with Crippen LogP contribution in [0.3, 0.4) is 0 Å². The number of carbonyl (C=O) groups excluding carboxylic acids is 2. The normalized spacial score (nSPS) is 11.4. The summed E-state index contributed by atoms with van der Waals surface area (Å²) < 4.78 is 0. The minimum Gasteiger partial charge on any atom is -0.348 e. The van der Waals surface area contributed by atoms with Crippen molar-refractivity contribution >= 4 is 29.2 Å². The average Bonchev–Trinajstić information content (AvgIpc) is 3.12. The van der Waals surface area contributed by atoms with E-state index in [1.165, 1.54) is 11.3 Å². The molecule has 0 fully saturated rings. The minimum absolute atomic E-state index is 0.0922.